The van der Waals surface area contributed by atoms with Crippen LogP contribution < -0.4 is 10.6 Å². The van der Waals surface area contributed by atoms with Crippen molar-refractivity contribution in [2.45, 2.75) is 18.1 Å². The third-order valence-electron chi connectivity index (χ3n) is 4.18. The van der Waals surface area contributed by atoms with Crippen molar-refractivity contribution in [2.24, 2.45) is 7.05 Å². The van der Waals surface area contributed by atoms with Crippen molar-refractivity contribution in [2.75, 3.05) is 11.1 Å². The minimum atomic E-state index is -0.344. The number of nitrogens with one attached hydrogen (secondary N) is 2. The molecule has 3 rings (SSSR count). The number of hydrogen-bond donors (Lipinski definition) is 2. The third-order valence-corrected chi connectivity index (χ3v) is 6.43. The summed E-state index contributed by atoms with van der Waals surface area (Å²) in [4.78, 5) is 24.6. The van der Waals surface area contributed by atoms with Crippen LogP contribution in [0.3, 0.4) is 0 Å². The van der Waals surface area contributed by atoms with Crippen LogP contribution in [0.15, 0.2) is 58.2 Å². The number of carbonyl (C=O) groups excluding carboxylic acids is 2. The number of benzene rings is 2. The van der Waals surface area contributed by atoms with Crippen LogP contribution in [0.25, 0.3) is 0 Å². The van der Waals surface area contributed by atoms with Crippen LogP contribution in [-0.2, 0) is 11.8 Å². The van der Waals surface area contributed by atoms with E-state index in [2.05, 4.69) is 36.8 Å². The summed E-state index contributed by atoms with van der Waals surface area (Å²) in [6, 6.07) is 13.8. The molecule has 7 nitrogen and oxygen atoms in total. The number of rotatable bonds is 7. The first-order chi connectivity index (χ1) is 14.3. The second kappa shape index (κ2) is 10.1. The number of amides is 2. The van der Waals surface area contributed by atoms with Crippen molar-refractivity contribution >= 4 is 56.8 Å². The fourth-order valence-electron chi connectivity index (χ4n) is 2.66. The summed E-state index contributed by atoms with van der Waals surface area (Å²) >= 11 is 10.6. The normalized spacial score (nSPS) is 11.7. The van der Waals surface area contributed by atoms with Gasteiger partial charge < -0.3 is 15.2 Å². The Morgan fingerprint density at radius 1 is 1.20 bits per heavy atom. The average molecular weight is 509 g/mol. The van der Waals surface area contributed by atoms with Gasteiger partial charge in [0, 0.05) is 22.8 Å². The number of nitrogens with zero attached hydrogens (tertiary/aromatic N) is 3. The zero-order valence-corrected chi connectivity index (χ0v) is 19.4. The van der Waals surface area contributed by atoms with Crippen molar-refractivity contribution in [1.29, 1.82) is 0 Å². The smallest absolute Gasteiger partial charge is 0.251 e. The van der Waals surface area contributed by atoms with Gasteiger partial charge in [-0.1, -0.05) is 41.6 Å². The summed E-state index contributed by atoms with van der Waals surface area (Å²) in [6.07, 6.45) is 0. The molecule has 0 spiro atoms. The number of anilines is 1. The van der Waals surface area contributed by atoms with Gasteiger partial charge in [0.2, 0.25) is 5.91 Å². The number of thioether (sulfide) groups is 1. The van der Waals surface area contributed by atoms with E-state index in [0.29, 0.717) is 27.3 Å². The van der Waals surface area contributed by atoms with Gasteiger partial charge in [-0.25, -0.2) is 0 Å². The van der Waals surface area contributed by atoms with Gasteiger partial charge in [-0.15, -0.1) is 10.2 Å². The first-order valence-corrected chi connectivity index (χ1v) is 11.1. The molecular formula is C20H19BrClN5O2S. The molecule has 1 aromatic heterocycles. The topological polar surface area (TPSA) is 88.9 Å². The Bertz CT molecular complexity index is 1060. The van der Waals surface area contributed by atoms with Crippen LogP contribution in [-0.4, -0.2) is 32.3 Å². The highest BCUT2D eigenvalue weighted by Crippen LogP contribution is 2.26. The number of halogens is 2. The SMILES string of the molecule is C[C@H](NC(=O)c1ccccc1)c1nnc(SCC(=O)Nc2ccc(Br)c(Cl)c2)n1C. The van der Waals surface area contributed by atoms with Gasteiger partial charge in [-0.05, 0) is 53.2 Å². The summed E-state index contributed by atoms with van der Waals surface area (Å²) in [5, 5.41) is 15.1. The molecule has 2 amide bonds. The van der Waals surface area contributed by atoms with Crippen molar-refractivity contribution in [3.63, 3.8) is 0 Å². The third kappa shape index (κ3) is 5.62. The molecule has 0 aliphatic rings. The standard InChI is InChI=1S/C20H19BrClN5O2S/c1-12(23-19(29)13-6-4-3-5-7-13)18-25-26-20(27(18)2)30-11-17(28)24-14-8-9-15(21)16(22)10-14/h3-10,12H,11H2,1-2H3,(H,23,29)(H,24,28)/t12-/m0/s1. The van der Waals surface area contributed by atoms with Crippen molar-refractivity contribution in [3.05, 3.63) is 69.4 Å². The van der Waals surface area contributed by atoms with Crippen LogP contribution in [0.2, 0.25) is 5.02 Å². The summed E-state index contributed by atoms with van der Waals surface area (Å²) in [6.45, 7) is 1.84. The molecule has 10 heteroatoms. The van der Waals surface area contributed by atoms with Gasteiger partial charge in [-0.2, -0.15) is 0 Å². The number of aromatic nitrogens is 3. The Labute approximate surface area is 191 Å². The van der Waals surface area contributed by atoms with Crippen molar-refractivity contribution < 1.29 is 9.59 Å². The largest absolute Gasteiger partial charge is 0.342 e. The highest BCUT2D eigenvalue weighted by Gasteiger charge is 2.19. The van der Waals surface area contributed by atoms with E-state index >= 15 is 0 Å². The molecule has 0 unspecified atom stereocenters. The van der Waals surface area contributed by atoms with Gasteiger partial charge >= 0.3 is 0 Å². The summed E-state index contributed by atoms with van der Waals surface area (Å²) < 4.78 is 2.53. The molecule has 0 fully saturated rings. The molecule has 0 aliphatic heterocycles. The number of hydrogen-bond acceptors (Lipinski definition) is 5. The van der Waals surface area contributed by atoms with E-state index in [1.165, 1.54) is 11.8 Å². The average Bonchev–Trinajstić information content (AvgIpc) is 3.10. The van der Waals surface area contributed by atoms with E-state index in [4.69, 9.17) is 11.6 Å². The van der Waals surface area contributed by atoms with Gasteiger partial charge in [0.25, 0.3) is 5.91 Å². The Kier molecular flexibility index (Phi) is 7.52. The molecular weight excluding hydrogens is 490 g/mol. The van der Waals surface area contributed by atoms with E-state index in [0.717, 1.165) is 4.47 Å². The maximum Gasteiger partial charge on any atom is 0.251 e. The summed E-state index contributed by atoms with van der Waals surface area (Å²) in [5.41, 5.74) is 1.19. The molecule has 2 N–H and O–H groups in total. The van der Waals surface area contributed by atoms with Gasteiger partial charge in [0.05, 0.1) is 16.8 Å². The molecule has 3 aromatic rings. The summed E-state index contributed by atoms with van der Waals surface area (Å²) in [5.74, 6) is 0.382. The lowest BCUT2D eigenvalue weighted by atomic mass is 10.2. The van der Waals surface area contributed by atoms with Gasteiger partial charge in [-0.3, -0.25) is 9.59 Å². The van der Waals surface area contributed by atoms with Gasteiger partial charge in [0.15, 0.2) is 11.0 Å². The van der Waals surface area contributed by atoms with Crippen LogP contribution in [0.4, 0.5) is 5.69 Å². The minimum Gasteiger partial charge on any atom is -0.342 e. The molecule has 1 atom stereocenters. The predicted octanol–water partition coefficient (Wildman–Crippen LogP) is 4.45. The molecule has 0 aliphatic carbocycles. The lowest BCUT2D eigenvalue weighted by Gasteiger charge is -2.13. The van der Waals surface area contributed by atoms with Crippen molar-refractivity contribution in [3.8, 4) is 0 Å². The van der Waals surface area contributed by atoms with E-state index in [-0.39, 0.29) is 23.6 Å². The first kappa shape index (κ1) is 22.3. The molecule has 156 valence electrons. The van der Waals surface area contributed by atoms with E-state index in [1.807, 2.05) is 25.1 Å². The van der Waals surface area contributed by atoms with Crippen molar-refractivity contribution in [1.82, 2.24) is 20.1 Å². The van der Waals surface area contributed by atoms with Gasteiger partial charge in [0.1, 0.15) is 0 Å². The Balaban J connectivity index is 1.57. The van der Waals surface area contributed by atoms with Crippen LogP contribution in [0.1, 0.15) is 29.1 Å². The molecule has 0 saturated heterocycles. The monoisotopic (exact) mass is 507 g/mol. The fourth-order valence-corrected chi connectivity index (χ4v) is 3.81. The maximum absolute atomic E-state index is 12.3. The lowest BCUT2D eigenvalue weighted by Crippen LogP contribution is -2.28. The Morgan fingerprint density at radius 3 is 2.63 bits per heavy atom. The van der Waals surface area contributed by atoms with E-state index < -0.39 is 0 Å². The molecule has 1 heterocycles. The zero-order chi connectivity index (χ0) is 21.7. The molecule has 0 saturated carbocycles. The second-order valence-corrected chi connectivity index (χ2v) is 8.63. The van der Waals surface area contributed by atoms with E-state index in [9.17, 15) is 9.59 Å². The van der Waals surface area contributed by atoms with Crippen LogP contribution in [0, 0.1) is 0 Å². The Hall–Kier alpha value is -2.36. The fraction of sp³-hybridized carbons (Fsp3) is 0.200. The lowest BCUT2D eigenvalue weighted by molar-refractivity contribution is -0.113. The first-order valence-electron chi connectivity index (χ1n) is 8.98. The molecule has 30 heavy (non-hydrogen) atoms. The quantitative estimate of drug-likeness (QED) is 0.460. The van der Waals surface area contributed by atoms with Crippen LogP contribution >= 0.6 is 39.3 Å². The summed E-state index contributed by atoms with van der Waals surface area (Å²) in [7, 11) is 1.80. The molecule has 2 aromatic carbocycles. The number of carbonyl (C=O) groups is 2. The predicted molar refractivity (Wildman–Crippen MR) is 122 cm³/mol. The Morgan fingerprint density at radius 2 is 1.93 bits per heavy atom. The zero-order valence-electron chi connectivity index (χ0n) is 16.2. The highest BCUT2D eigenvalue weighted by atomic mass is 79.9. The highest BCUT2D eigenvalue weighted by molar-refractivity contribution is 9.10. The molecule has 0 bridgehead atoms. The maximum atomic E-state index is 12.3. The molecule has 0 radical (unpaired) electrons. The second-order valence-electron chi connectivity index (χ2n) is 6.43. The van der Waals surface area contributed by atoms with Crippen LogP contribution in [0.5, 0.6) is 0 Å². The minimum absolute atomic E-state index is 0.157. The van der Waals surface area contributed by atoms with E-state index in [1.54, 1.807) is 41.9 Å².